The number of nitrogens with two attached hydrogens (primary N) is 1. The summed E-state index contributed by atoms with van der Waals surface area (Å²) in [5.41, 5.74) is 8.16. The number of nitrogens with zero attached hydrogens (tertiary/aromatic N) is 2. The molecule has 0 aliphatic carbocycles. The van der Waals surface area contributed by atoms with Crippen molar-refractivity contribution in [3.05, 3.63) is 41.9 Å². The molecule has 2 rings (SSSR count). The van der Waals surface area contributed by atoms with Gasteiger partial charge in [0.25, 0.3) is 0 Å². The van der Waals surface area contributed by atoms with E-state index in [1.54, 1.807) is 6.34 Å². The average molecular weight is 317 g/mol. The van der Waals surface area contributed by atoms with Gasteiger partial charge in [-0.05, 0) is 6.42 Å². The van der Waals surface area contributed by atoms with Gasteiger partial charge in [0.1, 0.15) is 5.66 Å². The van der Waals surface area contributed by atoms with Crippen LogP contribution < -0.4 is 28.0 Å². The molecule has 0 fully saturated rings. The van der Waals surface area contributed by atoms with Gasteiger partial charge in [0.15, 0.2) is 18.4 Å². The maximum absolute atomic E-state index is 6.39. The monoisotopic (exact) mass is 316 g/mol. The Labute approximate surface area is 133 Å². The molecule has 20 heavy (non-hydrogen) atoms. The van der Waals surface area contributed by atoms with Crippen LogP contribution in [0.2, 0.25) is 0 Å². The maximum atomic E-state index is 6.39. The molecule has 0 bridgehead atoms. The Balaban J connectivity index is 0.00000180. The summed E-state index contributed by atoms with van der Waals surface area (Å²) in [5, 5.41) is 3.04. The first-order valence-corrected chi connectivity index (χ1v) is 6.39. The van der Waals surface area contributed by atoms with Crippen molar-refractivity contribution in [3.8, 4) is 0 Å². The van der Waals surface area contributed by atoms with Crippen molar-refractivity contribution in [1.82, 2.24) is 5.32 Å². The predicted octanol–water partition coefficient (Wildman–Crippen LogP) is -1.32. The van der Waals surface area contributed by atoms with E-state index in [0.717, 1.165) is 25.0 Å². The largest absolute Gasteiger partial charge is 1.00 e. The lowest BCUT2D eigenvalue weighted by atomic mass is 9.95. The predicted molar refractivity (Wildman–Crippen MR) is 80.2 cm³/mol. The molecule has 6 heteroatoms. The molecular weight excluding hydrogens is 295 g/mol. The molecule has 112 valence electrons. The highest BCUT2D eigenvalue weighted by Crippen LogP contribution is 2.23. The fraction of sp³-hybridized carbons (Fsp3) is 0.429. The third kappa shape index (κ3) is 4.20. The van der Waals surface area contributed by atoms with Crippen LogP contribution in [0.3, 0.4) is 0 Å². The van der Waals surface area contributed by atoms with E-state index in [2.05, 4.69) is 41.0 Å². The van der Waals surface area contributed by atoms with Gasteiger partial charge in [0, 0.05) is 25.3 Å². The van der Waals surface area contributed by atoms with Crippen molar-refractivity contribution in [3.63, 3.8) is 0 Å². The molecule has 1 aromatic heterocycles. The molecule has 1 aliphatic rings. The highest BCUT2D eigenvalue weighted by atomic mass is 35.5. The summed E-state index contributed by atoms with van der Waals surface area (Å²) in [5.74, 6) is 0. The fourth-order valence-electron chi connectivity index (χ4n) is 2.21. The molecule has 4 nitrogen and oxygen atoms in total. The summed E-state index contributed by atoms with van der Waals surface area (Å²) in [6, 6.07) is 6.17. The molecule has 1 aliphatic heterocycles. The maximum Gasteiger partial charge on any atom is 0.178 e. The lowest BCUT2D eigenvalue weighted by molar-refractivity contribution is -0.695. The smallest absolute Gasteiger partial charge is 0.178 e. The molecule has 0 radical (unpaired) electrons. The van der Waals surface area contributed by atoms with Crippen LogP contribution in [0.1, 0.15) is 25.5 Å². The van der Waals surface area contributed by atoms with Crippen LogP contribution in [-0.4, -0.2) is 12.0 Å². The molecule has 0 saturated heterocycles. The second-order valence-electron chi connectivity index (χ2n) is 4.74. The van der Waals surface area contributed by atoms with Gasteiger partial charge >= 0.3 is 0 Å². The zero-order chi connectivity index (χ0) is 13.0. The van der Waals surface area contributed by atoms with E-state index in [9.17, 15) is 0 Å². The van der Waals surface area contributed by atoms with Crippen LogP contribution in [-0.2, 0) is 6.54 Å². The number of hydrogen-bond donors (Lipinski definition) is 2. The van der Waals surface area contributed by atoms with Crippen molar-refractivity contribution in [2.75, 3.05) is 0 Å². The molecule has 3 N–H and O–H groups in total. The highest BCUT2D eigenvalue weighted by Gasteiger charge is 2.32. The third-order valence-electron chi connectivity index (χ3n) is 3.32. The van der Waals surface area contributed by atoms with Crippen molar-refractivity contribution in [1.29, 1.82) is 0 Å². The van der Waals surface area contributed by atoms with E-state index in [0.29, 0.717) is 0 Å². The van der Waals surface area contributed by atoms with Gasteiger partial charge < -0.3 is 23.5 Å². The Morgan fingerprint density at radius 1 is 1.40 bits per heavy atom. The van der Waals surface area contributed by atoms with Crippen LogP contribution in [0.5, 0.6) is 0 Å². The zero-order valence-corrected chi connectivity index (χ0v) is 13.4. The quantitative estimate of drug-likeness (QED) is 0.677. The van der Waals surface area contributed by atoms with E-state index in [-0.39, 0.29) is 24.8 Å². The van der Waals surface area contributed by atoms with E-state index in [1.165, 1.54) is 5.69 Å². The number of hydrogen-bond acceptors (Lipinski definition) is 3. The van der Waals surface area contributed by atoms with Gasteiger partial charge in [-0.2, -0.15) is 4.57 Å². The van der Waals surface area contributed by atoms with Gasteiger partial charge in [-0.3, -0.25) is 0 Å². The average Bonchev–Trinajstić information content (AvgIpc) is 2.35. The van der Waals surface area contributed by atoms with Crippen molar-refractivity contribution in [2.24, 2.45) is 10.7 Å². The molecule has 1 unspecified atom stereocenters. The topological polar surface area (TPSA) is 54.3 Å². The Kier molecular flexibility index (Phi) is 7.79. The first-order valence-electron chi connectivity index (χ1n) is 6.39. The van der Waals surface area contributed by atoms with Crippen LogP contribution in [0, 0.1) is 6.92 Å². The van der Waals surface area contributed by atoms with E-state index in [1.807, 2.05) is 18.3 Å². The van der Waals surface area contributed by atoms with Gasteiger partial charge in [-0.15, -0.1) is 12.4 Å². The minimum atomic E-state index is -0.560. The Morgan fingerprint density at radius 2 is 2.15 bits per heavy atom. The molecular formula is C14H22Cl2N4. The minimum absolute atomic E-state index is 0. The summed E-state index contributed by atoms with van der Waals surface area (Å²) in [4.78, 5) is 4.42. The molecule has 1 aromatic rings. The number of aliphatic imine (C=N–C) groups is 1. The minimum Gasteiger partial charge on any atom is -1.00 e. The van der Waals surface area contributed by atoms with Gasteiger partial charge in [-0.1, -0.05) is 19.4 Å². The Morgan fingerprint density at radius 3 is 2.80 bits per heavy atom. The number of nitrogens with one attached hydrogen (secondary N) is 1. The normalized spacial score (nSPS) is 20.2. The fourth-order valence-corrected chi connectivity index (χ4v) is 2.21. The van der Waals surface area contributed by atoms with Crippen LogP contribution in [0.15, 0.2) is 41.2 Å². The summed E-state index contributed by atoms with van der Waals surface area (Å²) >= 11 is 0. The SMILES string of the molecule is CCCC1(N)N=CNC=C1C[n+]1ccccc1C.Cl.[Cl-]. The summed E-state index contributed by atoms with van der Waals surface area (Å²) in [6.45, 7) is 5.00. The summed E-state index contributed by atoms with van der Waals surface area (Å²) in [7, 11) is 0. The van der Waals surface area contributed by atoms with Crippen LogP contribution >= 0.6 is 12.4 Å². The summed E-state index contributed by atoms with van der Waals surface area (Å²) in [6.07, 6.45) is 7.61. The highest BCUT2D eigenvalue weighted by molar-refractivity contribution is 5.85. The zero-order valence-electron chi connectivity index (χ0n) is 11.8. The number of aromatic nitrogens is 1. The van der Waals surface area contributed by atoms with E-state index in [4.69, 9.17) is 5.73 Å². The lowest BCUT2D eigenvalue weighted by Crippen LogP contribution is -3.00. The van der Waals surface area contributed by atoms with Crippen LogP contribution in [0.4, 0.5) is 0 Å². The molecule has 2 heterocycles. The van der Waals surface area contributed by atoms with Crippen molar-refractivity contribution < 1.29 is 17.0 Å². The van der Waals surface area contributed by atoms with Gasteiger partial charge in [0.2, 0.25) is 0 Å². The molecule has 0 aromatic carbocycles. The summed E-state index contributed by atoms with van der Waals surface area (Å²) < 4.78 is 2.19. The number of halogens is 2. The second-order valence-corrected chi connectivity index (χ2v) is 4.74. The van der Waals surface area contributed by atoms with Gasteiger partial charge in [-0.25, -0.2) is 4.99 Å². The number of pyridine rings is 1. The van der Waals surface area contributed by atoms with Crippen LogP contribution in [0.25, 0.3) is 0 Å². The molecule has 1 atom stereocenters. The first-order chi connectivity index (χ1) is 8.65. The number of rotatable bonds is 4. The third-order valence-corrected chi connectivity index (χ3v) is 3.32. The lowest BCUT2D eigenvalue weighted by Gasteiger charge is -2.28. The van der Waals surface area contributed by atoms with Crippen molar-refractivity contribution in [2.45, 2.75) is 38.9 Å². The molecule has 0 spiro atoms. The second kappa shape index (κ2) is 8.25. The van der Waals surface area contributed by atoms with E-state index < -0.39 is 5.66 Å². The number of aryl methyl sites for hydroxylation is 1. The Hall–Kier alpha value is -1.10. The standard InChI is InChI=1S/C14H21N4.2ClH/c1-3-7-14(15)13(9-16-11-17-14)10-18-8-5-4-6-12(18)2;;/h4-6,8-9,11H,3,7,10,15H2,1-2H3,(H,16,17);2*1H/q+1;;/p-1. The van der Waals surface area contributed by atoms with E-state index >= 15 is 0 Å². The first kappa shape index (κ1) is 18.9. The Bertz CT molecular complexity index is 488. The van der Waals surface area contributed by atoms with Crippen molar-refractivity contribution >= 4 is 18.7 Å². The molecule has 0 amide bonds. The molecule has 0 saturated carbocycles. The van der Waals surface area contributed by atoms with Gasteiger partial charge in [0.05, 0.1) is 11.9 Å².